The number of carboxylic acids is 1. The van der Waals surface area contributed by atoms with E-state index in [1.807, 2.05) is 38.1 Å². The Balaban J connectivity index is 2.08. The number of hydrogen-bond acceptors (Lipinski definition) is 3. The van der Waals surface area contributed by atoms with Gasteiger partial charge in [0.1, 0.15) is 11.9 Å². The van der Waals surface area contributed by atoms with Crippen molar-refractivity contribution < 1.29 is 19.4 Å². The van der Waals surface area contributed by atoms with E-state index in [1.54, 1.807) is 0 Å². The minimum absolute atomic E-state index is 0.0987. The lowest BCUT2D eigenvalue weighted by molar-refractivity contribution is -0.138. The fraction of sp³-hybridized carbons (Fsp3) is 0.562. The Morgan fingerprint density at radius 3 is 2.95 bits per heavy atom. The van der Waals surface area contributed by atoms with Crippen molar-refractivity contribution in [3.8, 4) is 5.75 Å². The summed E-state index contributed by atoms with van der Waals surface area (Å²) in [6.45, 7) is 5.31. The molecule has 1 aromatic rings. The monoisotopic (exact) mass is 278 g/mol. The lowest BCUT2D eigenvalue weighted by atomic mass is 9.81. The molecule has 4 heteroatoms. The van der Waals surface area contributed by atoms with E-state index in [0.717, 1.165) is 30.8 Å². The second-order valence-electron chi connectivity index (χ2n) is 5.94. The molecule has 2 rings (SSSR count). The van der Waals surface area contributed by atoms with Gasteiger partial charge in [-0.3, -0.25) is 4.79 Å². The SMILES string of the molecule is CC(C)(CC(=O)O)c1cccc(OC2CCCOC2)c1. The summed E-state index contributed by atoms with van der Waals surface area (Å²) >= 11 is 0. The van der Waals surface area contributed by atoms with Crippen molar-refractivity contribution in [3.63, 3.8) is 0 Å². The third kappa shape index (κ3) is 3.97. The maximum absolute atomic E-state index is 10.9. The molecule has 1 aliphatic heterocycles. The van der Waals surface area contributed by atoms with Crippen molar-refractivity contribution in [2.45, 2.75) is 44.6 Å². The first-order chi connectivity index (χ1) is 9.47. The molecule has 0 spiro atoms. The van der Waals surface area contributed by atoms with E-state index in [1.165, 1.54) is 0 Å². The highest BCUT2D eigenvalue weighted by Gasteiger charge is 2.25. The highest BCUT2D eigenvalue weighted by atomic mass is 16.5. The molecule has 0 aromatic heterocycles. The Bertz CT molecular complexity index is 461. The smallest absolute Gasteiger partial charge is 0.304 e. The molecule has 1 aromatic carbocycles. The number of ether oxygens (including phenoxy) is 2. The van der Waals surface area contributed by atoms with Crippen molar-refractivity contribution >= 4 is 5.97 Å². The Hall–Kier alpha value is -1.55. The van der Waals surface area contributed by atoms with Crippen molar-refractivity contribution in [1.82, 2.24) is 0 Å². The van der Waals surface area contributed by atoms with E-state index in [4.69, 9.17) is 14.6 Å². The van der Waals surface area contributed by atoms with Gasteiger partial charge in [0.05, 0.1) is 13.0 Å². The fourth-order valence-electron chi connectivity index (χ4n) is 2.47. The Labute approximate surface area is 119 Å². The lowest BCUT2D eigenvalue weighted by Gasteiger charge is -2.26. The normalized spacial score (nSPS) is 19.6. The summed E-state index contributed by atoms with van der Waals surface area (Å²) in [6.07, 6.45) is 2.22. The Kier molecular flexibility index (Phi) is 4.65. The first-order valence-electron chi connectivity index (χ1n) is 7.04. The summed E-state index contributed by atoms with van der Waals surface area (Å²) in [6, 6.07) is 7.72. The first kappa shape index (κ1) is 14.9. The van der Waals surface area contributed by atoms with Crippen molar-refractivity contribution in [2.24, 2.45) is 0 Å². The summed E-state index contributed by atoms with van der Waals surface area (Å²) in [7, 11) is 0. The zero-order valence-electron chi connectivity index (χ0n) is 12.1. The van der Waals surface area contributed by atoms with E-state index in [2.05, 4.69) is 0 Å². The molecule has 0 aliphatic carbocycles. The van der Waals surface area contributed by atoms with Gasteiger partial charge in [-0.15, -0.1) is 0 Å². The molecule has 20 heavy (non-hydrogen) atoms. The number of aliphatic carboxylic acids is 1. The molecule has 110 valence electrons. The summed E-state index contributed by atoms with van der Waals surface area (Å²) in [5.74, 6) is -0.00142. The number of rotatable bonds is 5. The van der Waals surface area contributed by atoms with Gasteiger partial charge in [-0.25, -0.2) is 0 Å². The standard InChI is InChI=1S/C16H22O4/c1-16(2,10-15(17)18)12-5-3-6-13(9-12)20-14-7-4-8-19-11-14/h3,5-6,9,14H,4,7-8,10-11H2,1-2H3,(H,17,18). The largest absolute Gasteiger partial charge is 0.488 e. The van der Waals surface area contributed by atoms with Gasteiger partial charge in [0.2, 0.25) is 0 Å². The maximum atomic E-state index is 10.9. The van der Waals surface area contributed by atoms with Crippen molar-refractivity contribution in [2.75, 3.05) is 13.2 Å². The van der Waals surface area contributed by atoms with Crippen LogP contribution in [0.15, 0.2) is 24.3 Å². The van der Waals surface area contributed by atoms with Crippen LogP contribution in [0, 0.1) is 0 Å². The lowest BCUT2D eigenvalue weighted by Crippen LogP contribution is -2.28. The summed E-state index contributed by atoms with van der Waals surface area (Å²) in [5.41, 5.74) is 0.572. The van der Waals surface area contributed by atoms with Gasteiger partial charge in [-0.05, 0) is 30.5 Å². The van der Waals surface area contributed by atoms with E-state index < -0.39 is 11.4 Å². The van der Waals surface area contributed by atoms with Crippen LogP contribution in [0.2, 0.25) is 0 Å². The molecule has 1 fully saturated rings. The molecule has 0 saturated carbocycles. The van der Waals surface area contributed by atoms with Crippen LogP contribution in [0.4, 0.5) is 0 Å². The predicted octanol–water partition coefficient (Wildman–Crippen LogP) is 3.00. The van der Waals surface area contributed by atoms with Crippen LogP contribution in [0.3, 0.4) is 0 Å². The molecule has 0 radical (unpaired) electrons. The molecular formula is C16H22O4. The van der Waals surface area contributed by atoms with E-state index in [9.17, 15) is 4.79 Å². The molecule has 0 amide bonds. The second-order valence-corrected chi connectivity index (χ2v) is 5.94. The first-order valence-corrected chi connectivity index (χ1v) is 7.04. The van der Waals surface area contributed by atoms with Gasteiger partial charge in [-0.2, -0.15) is 0 Å². The van der Waals surface area contributed by atoms with Gasteiger partial charge in [0.15, 0.2) is 0 Å². The molecule has 1 heterocycles. The van der Waals surface area contributed by atoms with Gasteiger partial charge >= 0.3 is 5.97 Å². The fourth-order valence-corrected chi connectivity index (χ4v) is 2.47. The molecule has 1 aliphatic rings. The van der Waals surface area contributed by atoms with E-state index >= 15 is 0 Å². The predicted molar refractivity (Wildman–Crippen MR) is 76.2 cm³/mol. The average Bonchev–Trinajstić information content (AvgIpc) is 2.39. The summed E-state index contributed by atoms with van der Waals surface area (Å²) in [4.78, 5) is 10.9. The molecule has 1 N–H and O–H groups in total. The molecule has 1 saturated heterocycles. The quantitative estimate of drug-likeness (QED) is 0.899. The highest BCUT2D eigenvalue weighted by Crippen LogP contribution is 2.30. The second kappa shape index (κ2) is 6.27. The third-order valence-corrected chi connectivity index (χ3v) is 3.63. The van der Waals surface area contributed by atoms with Gasteiger partial charge < -0.3 is 14.6 Å². The summed E-state index contributed by atoms with van der Waals surface area (Å²) < 4.78 is 11.3. The van der Waals surface area contributed by atoms with Crippen LogP contribution >= 0.6 is 0 Å². The van der Waals surface area contributed by atoms with Crippen LogP contribution in [0.5, 0.6) is 5.75 Å². The molecule has 1 unspecified atom stereocenters. The van der Waals surface area contributed by atoms with Crippen LogP contribution in [0.25, 0.3) is 0 Å². The van der Waals surface area contributed by atoms with Crippen LogP contribution in [0.1, 0.15) is 38.7 Å². The Morgan fingerprint density at radius 2 is 2.30 bits per heavy atom. The van der Waals surface area contributed by atoms with Crippen LogP contribution < -0.4 is 4.74 Å². The number of carbonyl (C=O) groups is 1. The Morgan fingerprint density at radius 1 is 1.50 bits per heavy atom. The number of benzene rings is 1. The highest BCUT2D eigenvalue weighted by molar-refractivity contribution is 5.69. The van der Waals surface area contributed by atoms with E-state index in [0.29, 0.717) is 6.61 Å². The van der Waals surface area contributed by atoms with Crippen molar-refractivity contribution in [3.05, 3.63) is 29.8 Å². The minimum atomic E-state index is -0.790. The van der Waals surface area contributed by atoms with Crippen LogP contribution in [-0.2, 0) is 14.9 Å². The molecule has 4 nitrogen and oxygen atoms in total. The van der Waals surface area contributed by atoms with Crippen molar-refractivity contribution in [1.29, 1.82) is 0 Å². The molecule has 1 atom stereocenters. The maximum Gasteiger partial charge on any atom is 0.304 e. The number of carboxylic acid groups (broad SMARTS) is 1. The zero-order valence-corrected chi connectivity index (χ0v) is 12.1. The minimum Gasteiger partial charge on any atom is -0.488 e. The van der Waals surface area contributed by atoms with Gasteiger partial charge in [0, 0.05) is 12.0 Å². The third-order valence-electron chi connectivity index (χ3n) is 3.63. The van der Waals surface area contributed by atoms with E-state index in [-0.39, 0.29) is 12.5 Å². The summed E-state index contributed by atoms with van der Waals surface area (Å²) in [5, 5.41) is 8.99. The van der Waals surface area contributed by atoms with Gasteiger partial charge in [-0.1, -0.05) is 26.0 Å². The number of hydrogen-bond donors (Lipinski definition) is 1. The molecule has 0 bridgehead atoms. The average molecular weight is 278 g/mol. The zero-order chi connectivity index (χ0) is 14.6. The van der Waals surface area contributed by atoms with Crippen LogP contribution in [-0.4, -0.2) is 30.4 Å². The van der Waals surface area contributed by atoms with Gasteiger partial charge in [0.25, 0.3) is 0 Å². The molecular weight excluding hydrogens is 256 g/mol. The topological polar surface area (TPSA) is 55.8 Å².